The van der Waals surface area contributed by atoms with Crippen LogP contribution in [0, 0.1) is 28.8 Å². The first-order chi connectivity index (χ1) is 18.1. The maximum absolute atomic E-state index is 14.9. The number of hydrogen-bond acceptors (Lipinski definition) is 6. The summed E-state index contributed by atoms with van der Waals surface area (Å²) in [4.78, 5) is 2.49. The SMILES string of the molecule is C=C(NN)c1ccc(CN(SC2CCN(C3CB(C#N)C3)CC2)c2ccc(F)c(Cl)c2)c(F)c1.CC(C)C. The van der Waals surface area contributed by atoms with Gasteiger partial charge in [0.05, 0.1) is 11.6 Å². The van der Waals surface area contributed by atoms with Gasteiger partial charge < -0.3 is 14.6 Å². The Bertz CT molecular complexity index is 1130. The Balaban J connectivity index is 0.000000934. The molecule has 3 N–H and O–H groups in total. The topological polar surface area (TPSA) is 68.3 Å². The van der Waals surface area contributed by atoms with Crippen molar-refractivity contribution < 1.29 is 8.78 Å². The molecule has 2 aromatic rings. The first-order valence-corrected chi connectivity index (χ1v) is 14.3. The lowest BCUT2D eigenvalue weighted by atomic mass is 9.34. The third-order valence-electron chi connectivity index (χ3n) is 6.65. The van der Waals surface area contributed by atoms with E-state index in [1.54, 1.807) is 36.2 Å². The molecule has 2 heterocycles. The van der Waals surface area contributed by atoms with Gasteiger partial charge in [0.1, 0.15) is 11.6 Å². The van der Waals surface area contributed by atoms with Gasteiger partial charge in [0.2, 0.25) is 0 Å². The molecule has 0 amide bonds. The highest BCUT2D eigenvalue weighted by atomic mass is 35.5. The number of hydrogen-bond donors (Lipinski definition) is 2. The fraction of sp³-hybridized carbons (Fsp3) is 0.464. The lowest BCUT2D eigenvalue weighted by Gasteiger charge is -2.43. The smallest absolute Gasteiger partial charge is 0.270 e. The molecule has 2 saturated heterocycles. The van der Waals surface area contributed by atoms with Crippen LogP contribution < -0.4 is 15.6 Å². The molecular weight excluding hydrogens is 523 g/mol. The third-order valence-corrected chi connectivity index (χ3v) is 8.30. The van der Waals surface area contributed by atoms with Crippen LogP contribution in [0.1, 0.15) is 44.7 Å². The number of nitrogens with zero attached hydrogens (tertiary/aromatic N) is 3. The number of halogens is 3. The molecule has 0 atom stereocenters. The maximum atomic E-state index is 14.9. The summed E-state index contributed by atoms with van der Waals surface area (Å²) in [5.74, 6) is 7.73. The number of piperidine rings is 1. The van der Waals surface area contributed by atoms with Crippen LogP contribution in [-0.4, -0.2) is 36.0 Å². The van der Waals surface area contributed by atoms with Crippen LogP contribution in [0.3, 0.4) is 0 Å². The average molecular weight is 560 g/mol. The number of nitrogens with two attached hydrogens (primary N) is 1. The molecule has 5 nitrogen and oxygen atoms in total. The summed E-state index contributed by atoms with van der Waals surface area (Å²) in [6.45, 7) is 12.7. The molecule has 0 aliphatic carbocycles. The summed E-state index contributed by atoms with van der Waals surface area (Å²) in [5.41, 5.74) is 4.69. The van der Waals surface area contributed by atoms with Gasteiger partial charge in [-0.15, -0.1) is 0 Å². The minimum atomic E-state index is -0.483. The zero-order valence-corrected chi connectivity index (χ0v) is 24.0. The van der Waals surface area contributed by atoms with Crippen molar-refractivity contribution in [3.63, 3.8) is 0 Å². The van der Waals surface area contributed by atoms with Crippen LogP contribution in [0.4, 0.5) is 14.5 Å². The van der Waals surface area contributed by atoms with Crippen LogP contribution in [0.25, 0.3) is 5.70 Å². The quantitative estimate of drug-likeness (QED) is 0.161. The van der Waals surface area contributed by atoms with Gasteiger partial charge >= 0.3 is 0 Å². The van der Waals surface area contributed by atoms with E-state index in [4.69, 9.17) is 22.7 Å². The van der Waals surface area contributed by atoms with Crippen molar-refractivity contribution in [1.29, 1.82) is 5.26 Å². The summed E-state index contributed by atoms with van der Waals surface area (Å²) < 4.78 is 30.7. The molecule has 4 rings (SSSR count). The van der Waals surface area contributed by atoms with E-state index in [0.717, 1.165) is 50.2 Å². The van der Waals surface area contributed by atoms with Gasteiger partial charge in [-0.05, 0) is 86.7 Å². The lowest BCUT2D eigenvalue weighted by Crippen LogP contribution is -2.51. The Kier molecular flexibility index (Phi) is 11.3. The number of anilines is 1. The molecule has 0 spiro atoms. The van der Waals surface area contributed by atoms with Crippen molar-refractivity contribution in [1.82, 2.24) is 10.3 Å². The Morgan fingerprint density at radius 1 is 1.21 bits per heavy atom. The van der Waals surface area contributed by atoms with E-state index < -0.39 is 5.82 Å². The Morgan fingerprint density at radius 2 is 1.87 bits per heavy atom. The predicted octanol–water partition coefficient (Wildman–Crippen LogP) is 6.77. The second kappa shape index (κ2) is 14.2. The number of rotatable bonds is 8. The largest absolute Gasteiger partial charge is 0.324 e. The van der Waals surface area contributed by atoms with Crippen LogP contribution >= 0.6 is 23.5 Å². The van der Waals surface area contributed by atoms with Crippen molar-refractivity contribution in [2.75, 3.05) is 17.4 Å². The molecular formula is C28H37BClF2N5S. The van der Waals surface area contributed by atoms with Crippen LogP contribution in [0.5, 0.6) is 0 Å². The molecule has 2 fully saturated rings. The molecule has 2 aromatic carbocycles. The van der Waals surface area contributed by atoms with E-state index in [-0.39, 0.29) is 17.6 Å². The number of likely N-dealkylation sites (tertiary alicyclic amines) is 1. The molecule has 0 unspecified atom stereocenters. The molecule has 2 aliphatic rings. The Labute approximate surface area is 235 Å². The molecule has 0 radical (unpaired) electrons. The summed E-state index contributed by atoms with van der Waals surface area (Å²) in [5, 5.41) is 9.41. The van der Waals surface area contributed by atoms with E-state index in [1.165, 1.54) is 12.1 Å². The highest BCUT2D eigenvalue weighted by molar-refractivity contribution is 8.01. The maximum Gasteiger partial charge on any atom is 0.270 e. The van der Waals surface area contributed by atoms with E-state index in [1.807, 2.05) is 4.31 Å². The molecule has 0 aromatic heterocycles. The second-order valence-electron chi connectivity index (χ2n) is 10.6. The Morgan fingerprint density at radius 3 is 2.42 bits per heavy atom. The standard InChI is InChI=1S/C24H27BClF2N5S.C4H10/c1-16(31-30)17-2-3-18(24(28)10-17)14-33(19-4-5-23(27)22(26)11-19)34-21-6-8-32(9-7-21)20-12-25(13-20)15-29;1-4(2)3/h2-5,10-11,20-21,31H,1,6-9,12-14,30H2;4H,1-3H3. The fourth-order valence-electron chi connectivity index (χ4n) is 4.45. The highest BCUT2D eigenvalue weighted by Crippen LogP contribution is 2.37. The van der Waals surface area contributed by atoms with Gasteiger partial charge in [-0.3, -0.25) is 5.84 Å². The van der Waals surface area contributed by atoms with Gasteiger partial charge in [0.15, 0.2) is 0 Å². The van der Waals surface area contributed by atoms with Gasteiger partial charge in [0.25, 0.3) is 6.71 Å². The lowest BCUT2D eigenvalue weighted by molar-refractivity contribution is 0.176. The van der Waals surface area contributed by atoms with Crippen molar-refractivity contribution >= 4 is 41.6 Å². The molecule has 0 bridgehead atoms. The minimum Gasteiger partial charge on any atom is -0.324 e. The number of hydrazine groups is 1. The first kappa shape index (κ1) is 30.3. The fourth-order valence-corrected chi connectivity index (χ4v) is 5.85. The van der Waals surface area contributed by atoms with E-state index >= 15 is 0 Å². The van der Waals surface area contributed by atoms with Gasteiger partial charge in [-0.2, -0.15) is 0 Å². The summed E-state index contributed by atoms with van der Waals surface area (Å²) in [6, 6.07) is 10.0. The van der Waals surface area contributed by atoms with Gasteiger partial charge in [-0.1, -0.05) is 51.1 Å². The molecule has 10 heteroatoms. The zero-order valence-electron chi connectivity index (χ0n) is 22.4. The van der Waals surface area contributed by atoms with Crippen LogP contribution in [0.15, 0.2) is 43.0 Å². The number of nitriles is 1. The first-order valence-electron chi connectivity index (χ1n) is 13.1. The van der Waals surface area contributed by atoms with Gasteiger partial charge in [0, 0.05) is 33.7 Å². The van der Waals surface area contributed by atoms with Crippen LogP contribution in [-0.2, 0) is 6.54 Å². The predicted molar refractivity (Wildman–Crippen MR) is 158 cm³/mol. The molecule has 204 valence electrons. The number of benzene rings is 2. The summed E-state index contributed by atoms with van der Waals surface area (Å²) >= 11 is 7.72. The number of nitrogens with one attached hydrogen (secondary N) is 1. The minimum absolute atomic E-state index is 0.0380. The summed E-state index contributed by atoms with van der Waals surface area (Å²) in [7, 11) is 0. The van der Waals surface area contributed by atoms with E-state index in [2.05, 4.69) is 43.6 Å². The third kappa shape index (κ3) is 8.38. The zero-order chi connectivity index (χ0) is 27.8. The van der Waals surface area contributed by atoms with Crippen molar-refractivity contribution in [2.24, 2.45) is 11.8 Å². The van der Waals surface area contributed by atoms with Crippen molar-refractivity contribution in [2.45, 2.75) is 64.1 Å². The summed E-state index contributed by atoms with van der Waals surface area (Å²) in [6.07, 6.45) is 3.92. The van der Waals surface area contributed by atoms with Gasteiger partial charge in [-0.25, -0.2) is 14.0 Å². The van der Waals surface area contributed by atoms with Crippen molar-refractivity contribution in [3.05, 3.63) is 70.8 Å². The Hall–Kier alpha value is -2.25. The highest BCUT2D eigenvalue weighted by Gasteiger charge is 2.38. The van der Waals surface area contributed by atoms with E-state index in [0.29, 0.717) is 34.7 Å². The monoisotopic (exact) mass is 559 g/mol. The van der Waals surface area contributed by atoms with E-state index in [9.17, 15) is 8.78 Å². The molecule has 38 heavy (non-hydrogen) atoms. The normalized spacial score (nSPS) is 16.3. The average Bonchev–Trinajstić information content (AvgIpc) is 2.86. The van der Waals surface area contributed by atoms with Crippen LogP contribution in [0.2, 0.25) is 17.7 Å². The second-order valence-corrected chi connectivity index (χ2v) is 12.3. The van der Waals surface area contributed by atoms with Crippen molar-refractivity contribution in [3.8, 4) is 5.97 Å². The molecule has 0 saturated carbocycles. The molecule has 2 aliphatic heterocycles.